The Hall–Kier alpha value is -3.63. The van der Waals surface area contributed by atoms with Crippen LogP contribution in [0.3, 0.4) is 0 Å². The lowest BCUT2D eigenvalue weighted by molar-refractivity contribution is -0.122. The standard InChI is InChI=1S/C29H31Cl2FN8O/c30-22-13-18(32)14-23(31)25(22)37-29-36-24-15-34-28(35-19-5-4-12-39(16-19)20-6-2-1-3-7-20)38-27(24)40(29)21-10-8-17(9-11-21)26(33)41/h1-3,6-7,13-15,17,19,21H,4-5,8-12,16H2,(H2,33,41)(H,36,37)(H,34,35,38)/t17?,19-,21?/m1/s1. The first kappa shape index (κ1) is 27.5. The summed E-state index contributed by atoms with van der Waals surface area (Å²) in [6, 6.07) is 13.0. The number of nitrogens with one attached hydrogen (secondary N) is 2. The number of piperidine rings is 1. The number of carbonyl (C=O) groups excluding carboxylic acids is 1. The predicted molar refractivity (Wildman–Crippen MR) is 161 cm³/mol. The van der Waals surface area contributed by atoms with Gasteiger partial charge in [0.2, 0.25) is 17.8 Å². The monoisotopic (exact) mass is 596 g/mol. The molecule has 0 unspecified atom stereocenters. The first-order chi connectivity index (χ1) is 19.9. The molecule has 3 heterocycles. The lowest BCUT2D eigenvalue weighted by Crippen LogP contribution is -2.42. The van der Waals surface area contributed by atoms with Gasteiger partial charge in [-0.1, -0.05) is 41.4 Å². The highest BCUT2D eigenvalue weighted by Crippen LogP contribution is 2.39. The third-order valence-electron chi connectivity index (χ3n) is 8.02. The van der Waals surface area contributed by atoms with E-state index in [4.69, 9.17) is 38.9 Å². The van der Waals surface area contributed by atoms with Gasteiger partial charge in [-0.15, -0.1) is 0 Å². The molecule has 1 saturated heterocycles. The molecular weight excluding hydrogens is 566 g/mol. The van der Waals surface area contributed by atoms with Gasteiger partial charge < -0.3 is 21.3 Å². The number of nitrogens with two attached hydrogens (primary N) is 1. The second-order valence-corrected chi connectivity index (χ2v) is 11.6. The number of amides is 1. The summed E-state index contributed by atoms with van der Waals surface area (Å²) in [5, 5.41) is 7.03. The maximum Gasteiger partial charge on any atom is 0.225 e. The van der Waals surface area contributed by atoms with E-state index in [1.165, 1.54) is 17.8 Å². The Morgan fingerprint density at radius 2 is 1.76 bits per heavy atom. The smallest absolute Gasteiger partial charge is 0.225 e. The molecule has 6 rings (SSSR count). The van der Waals surface area contributed by atoms with Crippen LogP contribution in [0.2, 0.25) is 10.0 Å². The third kappa shape index (κ3) is 5.90. The number of primary amides is 1. The molecule has 2 aliphatic rings. The van der Waals surface area contributed by atoms with Crippen LogP contribution in [0.15, 0.2) is 48.7 Å². The van der Waals surface area contributed by atoms with Crippen LogP contribution < -0.4 is 21.3 Å². The van der Waals surface area contributed by atoms with Gasteiger partial charge in [-0.3, -0.25) is 9.36 Å². The van der Waals surface area contributed by atoms with Gasteiger partial charge in [-0.05, 0) is 62.8 Å². The van der Waals surface area contributed by atoms with E-state index < -0.39 is 5.82 Å². The predicted octanol–water partition coefficient (Wildman–Crippen LogP) is 6.31. The molecule has 1 aliphatic carbocycles. The summed E-state index contributed by atoms with van der Waals surface area (Å²) in [6.07, 6.45) is 6.56. The Bertz CT molecular complexity index is 1530. The normalized spacial score (nSPS) is 21.1. The second kappa shape index (κ2) is 11.7. The Morgan fingerprint density at radius 1 is 1.02 bits per heavy atom. The molecule has 1 aliphatic heterocycles. The van der Waals surface area contributed by atoms with E-state index in [0.717, 1.165) is 38.8 Å². The zero-order chi connectivity index (χ0) is 28.5. The summed E-state index contributed by atoms with van der Waals surface area (Å²) in [7, 11) is 0. The van der Waals surface area contributed by atoms with E-state index >= 15 is 0 Å². The minimum atomic E-state index is -0.529. The number of imidazole rings is 1. The van der Waals surface area contributed by atoms with E-state index in [2.05, 4.69) is 44.8 Å². The number of benzene rings is 2. The zero-order valence-corrected chi connectivity index (χ0v) is 23.9. The molecule has 2 aromatic heterocycles. The van der Waals surface area contributed by atoms with Crippen molar-refractivity contribution in [1.82, 2.24) is 19.5 Å². The number of carbonyl (C=O) groups is 1. The maximum absolute atomic E-state index is 13.9. The molecule has 1 atom stereocenters. The van der Waals surface area contributed by atoms with E-state index in [0.29, 0.717) is 41.6 Å². The molecule has 0 spiro atoms. The Balaban J connectivity index is 1.31. The van der Waals surface area contributed by atoms with E-state index in [-0.39, 0.29) is 34.0 Å². The average molecular weight is 598 g/mol. The van der Waals surface area contributed by atoms with E-state index in [1.807, 2.05) is 10.6 Å². The van der Waals surface area contributed by atoms with Gasteiger partial charge in [-0.25, -0.2) is 14.4 Å². The molecular formula is C29H31Cl2FN8O. The van der Waals surface area contributed by atoms with Crippen LogP contribution in [-0.4, -0.2) is 44.6 Å². The van der Waals surface area contributed by atoms with Crippen molar-refractivity contribution >= 4 is 63.5 Å². The number of hydrogen-bond acceptors (Lipinski definition) is 7. The molecule has 1 saturated carbocycles. The first-order valence-corrected chi connectivity index (χ1v) is 14.6. The summed E-state index contributed by atoms with van der Waals surface area (Å²) in [4.78, 5) is 28.5. The lowest BCUT2D eigenvalue weighted by atomic mass is 9.85. The second-order valence-electron chi connectivity index (χ2n) is 10.8. The van der Waals surface area contributed by atoms with Gasteiger partial charge in [0.05, 0.1) is 21.9 Å². The fourth-order valence-corrected chi connectivity index (χ4v) is 6.49. The molecule has 4 N–H and O–H groups in total. The largest absolute Gasteiger partial charge is 0.369 e. The van der Waals surface area contributed by atoms with Crippen molar-refractivity contribution in [2.45, 2.75) is 50.6 Å². The summed E-state index contributed by atoms with van der Waals surface area (Å²) >= 11 is 12.7. The molecule has 41 heavy (non-hydrogen) atoms. The number of rotatable bonds is 7. The van der Waals surface area contributed by atoms with Crippen LogP contribution >= 0.6 is 23.2 Å². The number of anilines is 4. The molecule has 0 bridgehead atoms. The number of aromatic nitrogens is 4. The highest BCUT2D eigenvalue weighted by molar-refractivity contribution is 6.39. The van der Waals surface area contributed by atoms with Crippen LogP contribution in [0.4, 0.5) is 27.7 Å². The Kier molecular flexibility index (Phi) is 7.86. The summed E-state index contributed by atoms with van der Waals surface area (Å²) < 4.78 is 15.9. The van der Waals surface area contributed by atoms with Crippen LogP contribution in [0.5, 0.6) is 0 Å². The molecule has 2 aromatic carbocycles. The van der Waals surface area contributed by atoms with Crippen molar-refractivity contribution in [3.63, 3.8) is 0 Å². The number of hydrogen-bond donors (Lipinski definition) is 3. The highest BCUT2D eigenvalue weighted by atomic mass is 35.5. The average Bonchev–Trinajstić information content (AvgIpc) is 3.33. The molecule has 9 nitrogen and oxygen atoms in total. The van der Waals surface area contributed by atoms with Gasteiger partial charge in [-0.2, -0.15) is 4.98 Å². The van der Waals surface area contributed by atoms with Crippen molar-refractivity contribution in [3.8, 4) is 0 Å². The minimum Gasteiger partial charge on any atom is -0.369 e. The van der Waals surface area contributed by atoms with Gasteiger partial charge in [0, 0.05) is 36.8 Å². The summed E-state index contributed by atoms with van der Waals surface area (Å²) in [6.45, 7) is 1.85. The van der Waals surface area contributed by atoms with Crippen LogP contribution in [0, 0.1) is 11.7 Å². The van der Waals surface area contributed by atoms with Crippen LogP contribution in [-0.2, 0) is 4.79 Å². The van der Waals surface area contributed by atoms with Crippen LogP contribution in [0.1, 0.15) is 44.6 Å². The molecule has 0 radical (unpaired) electrons. The van der Waals surface area contributed by atoms with Gasteiger partial charge in [0.15, 0.2) is 5.65 Å². The minimum absolute atomic E-state index is 0.00195. The van der Waals surface area contributed by atoms with E-state index in [9.17, 15) is 9.18 Å². The quantitative estimate of drug-likeness (QED) is 0.229. The zero-order valence-electron chi connectivity index (χ0n) is 22.4. The van der Waals surface area contributed by atoms with E-state index in [1.54, 1.807) is 6.20 Å². The van der Waals surface area contributed by atoms with Crippen molar-refractivity contribution in [2.24, 2.45) is 11.7 Å². The first-order valence-electron chi connectivity index (χ1n) is 13.9. The molecule has 214 valence electrons. The molecule has 12 heteroatoms. The van der Waals surface area contributed by atoms with Crippen molar-refractivity contribution in [1.29, 1.82) is 0 Å². The van der Waals surface area contributed by atoms with Crippen molar-refractivity contribution < 1.29 is 9.18 Å². The number of halogens is 3. The SMILES string of the molecule is NC(=O)C1CCC(n2c(Nc3c(Cl)cc(F)cc3Cl)nc3cnc(N[C@@H]4CCCN(c5ccccc5)C4)nc32)CC1. The highest BCUT2D eigenvalue weighted by Gasteiger charge is 2.30. The summed E-state index contributed by atoms with van der Waals surface area (Å²) in [5.41, 5.74) is 8.40. The number of para-hydroxylation sites is 1. The van der Waals surface area contributed by atoms with Crippen molar-refractivity contribution in [2.75, 3.05) is 28.6 Å². The maximum atomic E-state index is 13.9. The fraction of sp³-hybridized carbons (Fsp3) is 0.379. The topological polar surface area (TPSA) is 114 Å². The summed E-state index contributed by atoms with van der Waals surface area (Å²) in [5.74, 6) is 0.0437. The van der Waals surface area contributed by atoms with Crippen LogP contribution in [0.25, 0.3) is 11.2 Å². The van der Waals surface area contributed by atoms with Crippen molar-refractivity contribution in [3.05, 3.63) is 64.5 Å². The van der Waals surface area contributed by atoms with Gasteiger partial charge >= 0.3 is 0 Å². The third-order valence-corrected chi connectivity index (χ3v) is 8.61. The number of fused-ring (bicyclic) bond motifs is 1. The molecule has 2 fully saturated rings. The molecule has 1 amide bonds. The fourth-order valence-electron chi connectivity index (χ4n) is 5.94. The Morgan fingerprint density at radius 3 is 2.46 bits per heavy atom. The Labute approximate surface area is 247 Å². The van der Waals surface area contributed by atoms with Gasteiger partial charge in [0.1, 0.15) is 11.3 Å². The lowest BCUT2D eigenvalue weighted by Gasteiger charge is -2.34. The van der Waals surface area contributed by atoms with Gasteiger partial charge in [0.25, 0.3) is 0 Å². The molecule has 4 aromatic rings. The number of nitrogens with zero attached hydrogens (tertiary/aromatic N) is 5.